The first kappa shape index (κ1) is 13.8. The number of anilines is 1. The van der Waals surface area contributed by atoms with Crippen LogP contribution in [0.2, 0.25) is 0 Å². The standard InChI is InChI=1S/C12H19NO3S/c1-9(2)6-7-17(15,16)13-11-5-4-10(3)8-12(11)14/h4-5,8-9,13-14H,6-7H2,1-3H3. The number of hydrogen-bond donors (Lipinski definition) is 2. The Morgan fingerprint density at radius 2 is 2.00 bits per heavy atom. The third-order valence-electron chi connectivity index (χ3n) is 2.38. The van der Waals surface area contributed by atoms with Gasteiger partial charge in [0.1, 0.15) is 5.75 Å². The van der Waals surface area contributed by atoms with Gasteiger partial charge in [-0.2, -0.15) is 0 Å². The molecule has 0 aromatic heterocycles. The van der Waals surface area contributed by atoms with Crippen LogP contribution < -0.4 is 4.72 Å². The average Bonchev–Trinajstić information content (AvgIpc) is 2.20. The molecule has 0 heterocycles. The predicted molar refractivity (Wildman–Crippen MR) is 69.7 cm³/mol. The molecule has 1 rings (SSSR count). The molecule has 17 heavy (non-hydrogen) atoms. The molecular weight excluding hydrogens is 238 g/mol. The summed E-state index contributed by atoms with van der Waals surface area (Å²) in [6.07, 6.45) is 0.599. The van der Waals surface area contributed by atoms with Crippen molar-refractivity contribution in [3.8, 4) is 5.75 Å². The molecule has 2 N–H and O–H groups in total. The minimum Gasteiger partial charge on any atom is -0.506 e. The summed E-state index contributed by atoms with van der Waals surface area (Å²) in [5, 5.41) is 9.61. The molecule has 0 saturated heterocycles. The molecule has 0 amide bonds. The summed E-state index contributed by atoms with van der Waals surface area (Å²) < 4.78 is 25.8. The molecule has 0 unspecified atom stereocenters. The van der Waals surface area contributed by atoms with Crippen molar-refractivity contribution in [2.75, 3.05) is 10.5 Å². The number of hydrogen-bond acceptors (Lipinski definition) is 3. The number of aromatic hydroxyl groups is 1. The Labute approximate surface area is 103 Å². The molecule has 0 aliphatic rings. The van der Waals surface area contributed by atoms with Crippen molar-refractivity contribution in [3.05, 3.63) is 23.8 Å². The Morgan fingerprint density at radius 3 is 2.53 bits per heavy atom. The Bertz CT molecular complexity index is 481. The third kappa shape index (κ3) is 4.65. The highest BCUT2D eigenvalue weighted by Crippen LogP contribution is 2.25. The fourth-order valence-corrected chi connectivity index (χ4v) is 2.73. The van der Waals surface area contributed by atoms with Gasteiger partial charge in [-0.25, -0.2) is 8.42 Å². The molecule has 0 bridgehead atoms. The number of benzene rings is 1. The van der Waals surface area contributed by atoms with Gasteiger partial charge in [0.05, 0.1) is 11.4 Å². The van der Waals surface area contributed by atoms with Gasteiger partial charge in [-0.3, -0.25) is 4.72 Å². The molecule has 1 aromatic carbocycles. The second-order valence-electron chi connectivity index (χ2n) is 4.62. The van der Waals surface area contributed by atoms with Crippen LogP contribution in [0.4, 0.5) is 5.69 Å². The van der Waals surface area contributed by atoms with Crippen molar-refractivity contribution in [1.82, 2.24) is 0 Å². The van der Waals surface area contributed by atoms with Crippen molar-refractivity contribution in [2.45, 2.75) is 27.2 Å². The summed E-state index contributed by atoms with van der Waals surface area (Å²) >= 11 is 0. The van der Waals surface area contributed by atoms with Gasteiger partial charge < -0.3 is 5.11 Å². The first-order valence-corrected chi connectivity index (χ1v) is 7.25. The summed E-state index contributed by atoms with van der Waals surface area (Å²) in [7, 11) is -3.38. The molecule has 0 spiro atoms. The zero-order chi connectivity index (χ0) is 13.1. The highest BCUT2D eigenvalue weighted by Gasteiger charge is 2.13. The monoisotopic (exact) mass is 257 g/mol. The van der Waals surface area contributed by atoms with Crippen LogP contribution in [0.3, 0.4) is 0 Å². The van der Waals surface area contributed by atoms with Crippen molar-refractivity contribution in [2.24, 2.45) is 5.92 Å². The molecule has 96 valence electrons. The first-order valence-electron chi connectivity index (χ1n) is 5.60. The Morgan fingerprint density at radius 1 is 1.35 bits per heavy atom. The van der Waals surface area contributed by atoms with E-state index in [2.05, 4.69) is 4.72 Å². The Kier molecular flexibility index (Phi) is 4.40. The summed E-state index contributed by atoms with van der Waals surface area (Å²) in [4.78, 5) is 0. The van der Waals surface area contributed by atoms with E-state index < -0.39 is 10.0 Å². The van der Waals surface area contributed by atoms with Gasteiger partial charge >= 0.3 is 0 Å². The largest absolute Gasteiger partial charge is 0.506 e. The van der Waals surface area contributed by atoms with E-state index >= 15 is 0 Å². The molecule has 5 heteroatoms. The van der Waals surface area contributed by atoms with E-state index in [4.69, 9.17) is 0 Å². The topological polar surface area (TPSA) is 66.4 Å². The van der Waals surface area contributed by atoms with Crippen LogP contribution in [0.5, 0.6) is 5.75 Å². The number of rotatable bonds is 5. The normalized spacial score (nSPS) is 11.8. The Hall–Kier alpha value is -1.23. The lowest BCUT2D eigenvalue weighted by molar-refractivity contribution is 0.477. The van der Waals surface area contributed by atoms with E-state index in [9.17, 15) is 13.5 Å². The van der Waals surface area contributed by atoms with E-state index in [1.165, 1.54) is 6.07 Å². The molecule has 1 aromatic rings. The lowest BCUT2D eigenvalue weighted by atomic mass is 10.2. The lowest BCUT2D eigenvalue weighted by Gasteiger charge is -2.11. The zero-order valence-corrected chi connectivity index (χ0v) is 11.2. The lowest BCUT2D eigenvalue weighted by Crippen LogP contribution is -2.18. The van der Waals surface area contributed by atoms with Gasteiger partial charge in [0.2, 0.25) is 10.0 Å². The Balaban J connectivity index is 2.76. The van der Waals surface area contributed by atoms with Crippen LogP contribution in [0.25, 0.3) is 0 Å². The zero-order valence-electron chi connectivity index (χ0n) is 10.4. The summed E-state index contributed by atoms with van der Waals surface area (Å²) in [6, 6.07) is 4.85. The van der Waals surface area contributed by atoms with Gasteiger partial charge in [-0.05, 0) is 37.0 Å². The highest BCUT2D eigenvalue weighted by atomic mass is 32.2. The molecule has 0 atom stereocenters. The average molecular weight is 257 g/mol. The molecule has 0 radical (unpaired) electrons. The first-order chi connectivity index (χ1) is 7.80. The van der Waals surface area contributed by atoms with Gasteiger partial charge in [0.25, 0.3) is 0 Å². The van der Waals surface area contributed by atoms with E-state index in [1.807, 2.05) is 20.8 Å². The van der Waals surface area contributed by atoms with Gasteiger partial charge in [0.15, 0.2) is 0 Å². The molecule has 4 nitrogen and oxygen atoms in total. The SMILES string of the molecule is Cc1ccc(NS(=O)(=O)CCC(C)C)c(O)c1. The molecule has 0 aliphatic heterocycles. The second kappa shape index (κ2) is 5.40. The van der Waals surface area contributed by atoms with Crippen LogP contribution in [-0.4, -0.2) is 19.3 Å². The van der Waals surface area contributed by atoms with E-state index in [0.717, 1.165) is 5.56 Å². The van der Waals surface area contributed by atoms with Crippen LogP contribution in [0, 0.1) is 12.8 Å². The van der Waals surface area contributed by atoms with Crippen molar-refractivity contribution in [3.63, 3.8) is 0 Å². The van der Waals surface area contributed by atoms with Crippen LogP contribution in [0.1, 0.15) is 25.8 Å². The van der Waals surface area contributed by atoms with Gasteiger partial charge in [0, 0.05) is 0 Å². The van der Waals surface area contributed by atoms with Crippen molar-refractivity contribution < 1.29 is 13.5 Å². The number of sulfonamides is 1. The van der Waals surface area contributed by atoms with Crippen LogP contribution in [-0.2, 0) is 10.0 Å². The minimum absolute atomic E-state index is 0.0434. The molecule has 0 fully saturated rings. The van der Waals surface area contributed by atoms with Gasteiger partial charge in [-0.1, -0.05) is 19.9 Å². The predicted octanol–water partition coefficient (Wildman–Crippen LogP) is 2.49. The van der Waals surface area contributed by atoms with Crippen molar-refractivity contribution in [1.29, 1.82) is 0 Å². The maximum Gasteiger partial charge on any atom is 0.232 e. The fourth-order valence-electron chi connectivity index (χ4n) is 1.34. The smallest absolute Gasteiger partial charge is 0.232 e. The molecular formula is C12H19NO3S. The second-order valence-corrected chi connectivity index (χ2v) is 6.47. The minimum atomic E-state index is -3.38. The van der Waals surface area contributed by atoms with Gasteiger partial charge in [-0.15, -0.1) is 0 Å². The highest BCUT2D eigenvalue weighted by molar-refractivity contribution is 7.92. The number of phenols is 1. The van der Waals surface area contributed by atoms with E-state index in [1.54, 1.807) is 12.1 Å². The number of nitrogens with one attached hydrogen (secondary N) is 1. The van der Waals surface area contributed by atoms with Crippen LogP contribution in [0.15, 0.2) is 18.2 Å². The quantitative estimate of drug-likeness (QED) is 0.796. The summed E-state index contributed by atoms with van der Waals surface area (Å²) in [5.74, 6) is 0.356. The fraction of sp³-hybridized carbons (Fsp3) is 0.500. The third-order valence-corrected chi connectivity index (χ3v) is 3.69. The molecule has 0 aliphatic carbocycles. The summed E-state index contributed by atoms with van der Waals surface area (Å²) in [6.45, 7) is 5.77. The maximum atomic E-state index is 11.7. The van der Waals surface area contributed by atoms with E-state index in [0.29, 0.717) is 12.3 Å². The number of aryl methyl sites for hydroxylation is 1. The molecule has 0 saturated carbocycles. The summed E-state index contributed by atoms with van der Waals surface area (Å²) in [5.41, 5.74) is 1.12. The number of phenolic OH excluding ortho intramolecular Hbond substituents is 1. The van der Waals surface area contributed by atoms with Crippen LogP contribution >= 0.6 is 0 Å². The van der Waals surface area contributed by atoms with Crippen molar-refractivity contribution >= 4 is 15.7 Å². The maximum absolute atomic E-state index is 11.7. The van der Waals surface area contributed by atoms with E-state index in [-0.39, 0.29) is 17.2 Å².